The second-order valence-electron chi connectivity index (χ2n) is 7.74. The number of hydrogen-bond acceptors (Lipinski definition) is 7. The van der Waals surface area contributed by atoms with Gasteiger partial charge >= 0.3 is 5.97 Å². The summed E-state index contributed by atoms with van der Waals surface area (Å²) in [6, 6.07) is 22.3. The van der Waals surface area contributed by atoms with Crippen LogP contribution in [-0.4, -0.2) is 34.3 Å². The van der Waals surface area contributed by atoms with Crippen molar-refractivity contribution < 1.29 is 28.7 Å². The summed E-state index contributed by atoms with van der Waals surface area (Å²) in [5.74, 6) is -1.34. The molecule has 1 atom stereocenters. The number of carbonyl (C=O) groups excluding carboxylic acids is 4. The third kappa shape index (κ3) is 5.72. The predicted molar refractivity (Wildman–Crippen MR) is 132 cm³/mol. The largest absolute Gasteiger partial charge is 0.485 e. The molecular weight excluding hydrogens is 490 g/mol. The van der Waals surface area contributed by atoms with Crippen LogP contribution in [0.25, 0.3) is 0 Å². The fourth-order valence-electron chi connectivity index (χ4n) is 3.49. The van der Waals surface area contributed by atoms with Crippen molar-refractivity contribution in [1.82, 2.24) is 5.32 Å². The van der Waals surface area contributed by atoms with Crippen molar-refractivity contribution in [2.75, 3.05) is 6.61 Å². The number of rotatable bonds is 9. The minimum absolute atomic E-state index is 0.0182. The van der Waals surface area contributed by atoms with Crippen LogP contribution in [0.2, 0.25) is 5.02 Å². The van der Waals surface area contributed by atoms with Crippen LogP contribution in [0.4, 0.5) is 4.79 Å². The van der Waals surface area contributed by atoms with E-state index in [1.807, 2.05) is 18.2 Å². The van der Waals surface area contributed by atoms with Crippen LogP contribution in [0.3, 0.4) is 0 Å². The number of amides is 2. The average Bonchev–Trinajstić information content (AvgIpc) is 3.16. The van der Waals surface area contributed by atoms with Gasteiger partial charge in [0, 0.05) is 12.0 Å². The first-order valence-corrected chi connectivity index (χ1v) is 11.8. The standard InChI is InChI=1S/C26H20ClNO6S/c27-21-9-5-4-8-20(21)22(29)16-33-19-12-10-17(11-13-19)14-26(23(30)28-25(32)35-26)24(31)34-15-18-6-2-1-3-7-18/h1-13H,14-16H2,(H,28,30,32)/t26-/m1/s1. The number of ether oxygens (including phenoxy) is 2. The summed E-state index contributed by atoms with van der Waals surface area (Å²) in [6.45, 7) is -0.221. The molecule has 1 saturated heterocycles. The Morgan fingerprint density at radius 3 is 2.23 bits per heavy atom. The topological polar surface area (TPSA) is 98.8 Å². The van der Waals surface area contributed by atoms with E-state index in [2.05, 4.69) is 5.32 Å². The summed E-state index contributed by atoms with van der Waals surface area (Å²) in [5, 5.41) is 1.93. The number of hydrogen-bond donors (Lipinski definition) is 1. The number of esters is 1. The number of ketones is 1. The summed E-state index contributed by atoms with van der Waals surface area (Å²) < 4.78 is 9.24. The Balaban J connectivity index is 1.42. The van der Waals surface area contributed by atoms with Gasteiger partial charge < -0.3 is 9.47 Å². The van der Waals surface area contributed by atoms with Crippen LogP contribution in [0.15, 0.2) is 78.9 Å². The number of imide groups is 1. The van der Waals surface area contributed by atoms with Crippen LogP contribution in [-0.2, 0) is 27.4 Å². The fourth-order valence-corrected chi connectivity index (χ4v) is 4.72. The van der Waals surface area contributed by atoms with Crippen LogP contribution in [0.1, 0.15) is 21.5 Å². The molecule has 0 unspecified atom stereocenters. The Kier molecular flexibility index (Phi) is 7.53. The zero-order chi connectivity index (χ0) is 24.8. The summed E-state index contributed by atoms with van der Waals surface area (Å²) in [6.07, 6.45) is -0.0539. The molecule has 1 fully saturated rings. The van der Waals surface area contributed by atoms with E-state index in [4.69, 9.17) is 21.1 Å². The Morgan fingerprint density at radius 1 is 0.886 bits per heavy atom. The molecule has 0 saturated carbocycles. The Labute approximate surface area is 210 Å². The molecule has 3 aromatic rings. The van der Waals surface area contributed by atoms with E-state index in [1.165, 1.54) is 0 Å². The lowest BCUT2D eigenvalue weighted by molar-refractivity contribution is -0.150. The molecule has 0 bridgehead atoms. The van der Waals surface area contributed by atoms with E-state index in [-0.39, 0.29) is 25.4 Å². The van der Waals surface area contributed by atoms with Crippen LogP contribution >= 0.6 is 23.4 Å². The van der Waals surface area contributed by atoms with Crippen molar-refractivity contribution in [3.8, 4) is 5.75 Å². The molecule has 1 aliphatic heterocycles. The third-order valence-corrected chi connectivity index (χ3v) is 6.77. The summed E-state index contributed by atoms with van der Waals surface area (Å²) in [5.41, 5.74) is 1.75. The van der Waals surface area contributed by atoms with Gasteiger partial charge in [0.2, 0.25) is 10.5 Å². The number of halogens is 1. The highest BCUT2D eigenvalue weighted by atomic mass is 35.5. The number of thioether (sulfide) groups is 1. The van der Waals surface area contributed by atoms with Crippen molar-refractivity contribution in [1.29, 1.82) is 0 Å². The molecule has 9 heteroatoms. The number of carbonyl (C=O) groups is 4. The lowest BCUT2D eigenvalue weighted by Gasteiger charge is -2.22. The van der Waals surface area contributed by atoms with Gasteiger partial charge in [-0.2, -0.15) is 0 Å². The molecular formula is C26H20ClNO6S. The molecule has 1 aliphatic rings. The Bertz CT molecular complexity index is 1260. The molecule has 4 rings (SSSR count). The van der Waals surface area contributed by atoms with Crippen molar-refractivity contribution in [2.45, 2.75) is 17.8 Å². The molecule has 0 aliphatic carbocycles. The lowest BCUT2D eigenvalue weighted by atomic mass is 9.97. The highest BCUT2D eigenvalue weighted by Crippen LogP contribution is 2.37. The molecule has 35 heavy (non-hydrogen) atoms. The zero-order valence-corrected chi connectivity index (χ0v) is 19.9. The molecule has 178 valence electrons. The van der Waals surface area contributed by atoms with E-state index >= 15 is 0 Å². The first-order valence-electron chi connectivity index (χ1n) is 10.6. The van der Waals surface area contributed by atoms with Gasteiger partial charge in [0.1, 0.15) is 12.4 Å². The Hall–Kier alpha value is -3.62. The maximum atomic E-state index is 13.0. The van der Waals surface area contributed by atoms with E-state index in [9.17, 15) is 19.2 Å². The lowest BCUT2D eigenvalue weighted by Crippen LogP contribution is -2.46. The molecule has 0 spiro atoms. The van der Waals surface area contributed by atoms with Crippen LogP contribution < -0.4 is 10.1 Å². The molecule has 0 radical (unpaired) electrons. The maximum Gasteiger partial charge on any atom is 0.333 e. The maximum absolute atomic E-state index is 13.0. The van der Waals surface area contributed by atoms with Gasteiger partial charge in [-0.3, -0.25) is 19.7 Å². The summed E-state index contributed by atoms with van der Waals surface area (Å²) in [7, 11) is 0. The number of benzene rings is 3. The van der Waals surface area contributed by atoms with Gasteiger partial charge in [0.15, 0.2) is 6.61 Å². The van der Waals surface area contributed by atoms with Crippen molar-refractivity contribution in [2.24, 2.45) is 0 Å². The van der Waals surface area contributed by atoms with Crippen LogP contribution in [0, 0.1) is 0 Å². The van der Waals surface area contributed by atoms with Gasteiger partial charge in [0.05, 0.1) is 5.02 Å². The smallest absolute Gasteiger partial charge is 0.333 e. The van der Waals surface area contributed by atoms with Gasteiger partial charge in [-0.05, 0) is 47.2 Å². The highest BCUT2D eigenvalue weighted by molar-refractivity contribution is 8.16. The second-order valence-corrected chi connectivity index (χ2v) is 9.42. The summed E-state index contributed by atoms with van der Waals surface area (Å²) >= 11 is 6.66. The third-order valence-electron chi connectivity index (χ3n) is 5.31. The van der Waals surface area contributed by atoms with Crippen molar-refractivity contribution in [3.05, 3.63) is 101 Å². The van der Waals surface area contributed by atoms with E-state index < -0.39 is 21.9 Å². The second kappa shape index (κ2) is 10.8. The highest BCUT2D eigenvalue weighted by Gasteiger charge is 2.55. The molecule has 7 nitrogen and oxygen atoms in total. The first-order chi connectivity index (χ1) is 16.9. The van der Waals surface area contributed by atoms with E-state index in [0.717, 1.165) is 5.56 Å². The van der Waals surface area contributed by atoms with E-state index in [1.54, 1.807) is 60.7 Å². The predicted octanol–water partition coefficient (Wildman–Crippen LogP) is 4.61. The van der Waals surface area contributed by atoms with Crippen molar-refractivity contribution >= 4 is 46.3 Å². The Morgan fingerprint density at radius 2 is 1.57 bits per heavy atom. The normalized spacial score (nSPS) is 17.1. The fraction of sp³-hybridized carbons (Fsp3) is 0.154. The minimum atomic E-state index is -1.73. The molecule has 3 aromatic carbocycles. The average molecular weight is 510 g/mol. The van der Waals surface area contributed by atoms with E-state index in [0.29, 0.717) is 33.7 Å². The first kappa shape index (κ1) is 24.5. The summed E-state index contributed by atoms with van der Waals surface area (Å²) in [4.78, 5) is 49.9. The zero-order valence-electron chi connectivity index (χ0n) is 18.4. The SMILES string of the molecule is O=C1NC(=O)[C@](Cc2ccc(OCC(=O)c3ccccc3Cl)cc2)(C(=O)OCc2ccccc2)S1. The number of nitrogens with one attached hydrogen (secondary N) is 1. The quantitative estimate of drug-likeness (QED) is 0.255. The molecule has 0 aromatic heterocycles. The molecule has 1 heterocycles. The van der Waals surface area contributed by atoms with Gasteiger partial charge in [-0.1, -0.05) is 66.2 Å². The molecule has 1 N–H and O–H groups in total. The minimum Gasteiger partial charge on any atom is -0.485 e. The van der Waals surface area contributed by atoms with Gasteiger partial charge in [-0.15, -0.1) is 0 Å². The molecule has 2 amide bonds. The van der Waals surface area contributed by atoms with Crippen LogP contribution in [0.5, 0.6) is 5.75 Å². The van der Waals surface area contributed by atoms with Crippen molar-refractivity contribution in [3.63, 3.8) is 0 Å². The monoisotopic (exact) mass is 509 g/mol. The van der Waals surface area contributed by atoms with Gasteiger partial charge in [-0.25, -0.2) is 4.79 Å². The van der Waals surface area contributed by atoms with Gasteiger partial charge in [0.25, 0.3) is 11.1 Å². The number of Topliss-reactive ketones (excluding diaryl/α,β-unsaturated/α-hetero) is 1.